The first-order valence-electron chi connectivity index (χ1n) is 5.92. The van der Waals surface area contributed by atoms with Gasteiger partial charge in [-0.3, -0.25) is 0 Å². The summed E-state index contributed by atoms with van der Waals surface area (Å²) in [6.07, 6.45) is 4.29. The zero-order valence-corrected chi connectivity index (χ0v) is 11.0. The molecule has 0 amide bonds. The lowest BCUT2D eigenvalue weighted by atomic mass is 10.3. The monoisotopic (exact) mass is 275 g/mol. The van der Waals surface area contributed by atoms with Crippen LogP contribution in [0, 0.1) is 0 Å². The maximum atomic E-state index is 5.48. The van der Waals surface area contributed by atoms with Gasteiger partial charge in [-0.25, -0.2) is 9.67 Å². The Bertz CT molecular complexity index is 643. The molecule has 0 bridgehead atoms. The van der Waals surface area contributed by atoms with Crippen LogP contribution in [0.25, 0.3) is 10.8 Å². The molecule has 0 radical (unpaired) electrons. The highest BCUT2D eigenvalue weighted by Crippen LogP contribution is 2.24. The lowest BCUT2D eigenvalue weighted by Crippen LogP contribution is -2.03. The lowest BCUT2D eigenvalue weighted by Gasteiger charge is -1.95. The number of thiazole rings is 1. The van der Waals surface area contributed by atoms with E-state index in [0.29, 0.717) is 13.1 Å². The molecular formula is C12H13N5OS. The number of hydrogen-bond donors (Lipinski definition) is 1. The first-order valence-corrected chi connectivity index (χ1v) is 6.80. The van der Waals surface area contributed by atoms with E-state index in [-0.39, 0.29) is 0 Å². The van der Waals surface area contributed by atoms with Gasteiger partial charge in [-0.15, -0.1) is 16.4 Å². The minimum Gasteiger partial charge on any atom is -0.462 e. The molecule has 7 heteroatoms. The van der Waals surface area contributed by atoms with Crippen LogP contribution in [0.5, 0.6) is 0 Å². The second-order valence-corrected chi connectivity index (χ2v) is 4.93. The summed E-state index contributed by atoms with van der Waals surface area (Å²) in [5.41, 5.74) is 7.33. The van der Waals surface area contributed by atoms with Gasteiger partial charge in [0.25, 0.3) is 0 Å². The predicted molar refractivity (Wildman–Crippen MR) is 71.7 cm³/mol. The van der Waals surface area contributed by atoms with E-state index in [1.54, 1.807) is 22.3 Å². The van der Waals surface area contributed by atoms with Gasteiger partial charge in [0.2, 0.25) is 0 Å². The minimum atomic E-state index is 0.581. The van der Waals surface area contributed by atoms with E-state index < -0.39 is 0 Å². The van der Waals surface area contributed by atoms with Crippen LogP contribution in [-0.2, 0) is 13.0 Å². The van der Waals surface area contributed by atoms with E-state index in [2.05, 4.69) is 15.3 Å². The molecule has 3 heterocycles. The molecule has 0 aliphatic heterocycles. The average Bonchev–Trinajstić information content (AvgIpc) is 3.10. The third-order valence-corrected chi connectivity index (χ3v) is 3.50. The van der Waals surface area contributed by atoms with E-state index in [9.17, 15) is 0 Å². The summed E-state index contributed by atoms with van der Waals surface area (Å²) in [5.74, 6) is 0.790. The molecule has 0 saturated carbocycles. The molecule has 2 N–H and O–H groups in total. The van der Waals surface area contributed by atoms with E-state index in [1.807, 2.05) is 23.7 Å². The van der Waals surface area contributed by atoms with Crippen molar-refractivity contribution >= 4 is 11.3 Å². The smallest absolute Gasteiger partial charge is 0.162 e. The fourth-order valence-corrected chi connectivity index (χ4v) is 2.51. The van der Waals surface area contributed by atoms with Crippen LogP contribution in [0.2, 0.25) is 0 Å². The summed E-state index contributed by atoms with van der Waals surface area (Å²) in [6, 6.07) is 3.75. The number of furan rings is 1. The summed E-state index contributed by atoms with van der Waals surface area (Å²) >= 11 is 1.56. The molecule has 0 unspecified atom stereocenters. The molecule has 6 nitrogen and oxygen atoms in total. The molecule has 3 aromatic heterocycles. The van der Waals surface area contributed by atoms with Crippen LogP contribution in [0.4, 0.5) is 0 Å². The summed E-state index contributed by atoms with van der Waals surface area (Å²) < 4.78 is 7.09. The Kier molecular flexibility index (Phi) is 3.39. The van der Waals surface area contributed by atoms with Crippen LogP contribution in [-0.4, -0.2) is 26.5 Å². The standard InChI is InChI=1S/C12H13N5OS/c13-4-3-9-6-17(16-15-9)7-10-8-19-12(14-10)11-2-1-5-18-11/h1-2,5-6,8H,3-4,7,13H2. The fraction of sp³-hybridized carbons (Fsp3) is 0.250. The third-order valence-electron chi connectivity index (χ3n) is 2.59. The van der Waals surface area contributed by atoms with Gasteiger partial charge in [-0.05, 0) is 18.7 Å². The summed E-state index contributed by atoms with van der Waals surface area (Å²) in [6.45, 7) is 1.19. The molecule has 0 aromatic carbocycles. The van der Waals surface area contributed by atoms with Gasteiger partial charge in [0.1, 0.15) is 0 Å². The van der Waals surface area contributed by atoms with Crippen molar-refractivity contribution < 1.29 is 4.42 Å². The van der Waals surface area contributed by atoms with Gasteiger partial charge in [0.15, 0.2) is 10.8 Å². The normalized spacial score (nSPS) is 11.0. The molecule has 98 valence electrons. The molecule has 0 aliphatic carbocycles. The SMILES string of the molecule is NCCc1cn(Cc2csc(-c3ccco3)n2)nn1. The molecule has 3 rings (SSSR count). The van der Waals surface area contributed by atoms with Crippen molar-refractivity contribution in [2.75, 3.05) is 6.54 Å². The fourth-order valence-electron chi connectivity index (χ4n) is 1.74. The highest BCUT2D eigenvalue weighted by atomic mass is 32.1. The molecule has 0 fully saturated rings. The Hall–Kier alpha value is -1.99. The maximum Gasteiger partial charge on any atom is 0.162 e. The number of aromatic nitrogens is 4. The molecule has 19 heavy (non-hydrogen) atoms. The largest absolute Gasteiger partial charge is 0.462 e. The van der Waals surface area contributed by atoms with Crippen LogP contribution in [0.15, 0.2) is 34.4 Å². The van der Waals surface area contributed by atoms with Crippen molar-refractivity contribution in [1.29, 1.82) is 0 Å². The van der Waals surface area contributed by atoms with Gasteiger partial charge in [0, 0.05) is 18.0 Å². The van der Waals surface area contributed by atoms with Crippen LogP contribution in [0.1, 0.15) is 11.4 Å². The summed E-state index contributed by atoms with van der Waals surface area (Å²) in [4.78, 5) is 4.51. The van der Waals surface area contributed by atoms with Gasteiger partial charge in [-0.2, -0.15) is 0 Å². The Balaban J connectivity index is 1.72. The zero-order chi connectivity index (χ0) is 13.1. The van der Waals surface area contributed by atoms with Crippen molar-refractivity contribution in [3.05, 3.63) is 41.4 Å². The van der Waals surface area contributed by atoms with E-state index in [4.69, 9.17) is 10.2 Å². The Morgan fingerprint density at radius 1 is 1.37 bits per heavy atom. The topological polar surface area (TPSA) is 82.8 Å². The van der Waals surface area contributed by atoms with E-state index in [0.717, 1.165) is 28.6 Å². The predicted octanol–water partition coefficient (Wildman–Crippen LogP) is 1.54. The van der Waals surface area contributed by atoms with Crippen molar-refractivity contribution in [2.45, 2.75) is 13.0 Å². The first kappa shape index (κ1) is 12.1. The van der Waals surface area contributed by atoms with Crippen LogP contribution < -0.4 is 5.73 Å². The molecule has 0 saturated heterocycles. The van der Waals surface area contributed by atoms with Crippen LogP contribution in [0.3, 0.4) is 0 Å². The van der Waals surface area contributed by atoms with Crippen molar-refractivity contribution in [3.8, 4) is 10.8 Å². The molecular weight excluding hydrogens is 262 g/mol. The van der Waals surface area contributed by atoms with Gasteiger partial charge in [-0.1, -0.05) is 5.21 Å². The van der Waals surface area contributed by atoms with Gasteiger partial charge < -0.3 is 10.2 Å². The van der Waals surface area contributed by atoms with Crippen molar-refractivity contribution in [2.24, 2.45) is 5.73 Å². The molecule has 3 aromatic rings. The Labute approximate surface area is 113 Å². The average molecular weight is 275 g/mol. The quantitative estimate of drug-likeness (QED) is 0.763. The summed E-state index contributed by atoms with van der Waals surface area (Å²) in [7, 11) is 0. The number of hydrogen-bond acceptors (Lipinski definition) is 6. The number of rotatable bonds is 5. The first-order chi connectivity index (χ1) is 9.35. The third kappa shape index (κ3) is 2.72. The molecule has 0 aliphatic rings. The Morgan fingerprint density at radius 2 is 2.32 bits per heavy atom. The Morgan fingerprint density at radius 3 is 3.11 bits per heavy atom. The number of nitrogens with two attached hydrogens (primary N) is 1. The molecule has 0 atom stereocenters. The van der Waals surface area contributed by atoms with Gasteiger partial charge >= 0.3 is 0 Å². The maximum absolute atomic E-state index is 5.48. The summed E-state index contributed by atoms with van der Waals surface area (Å²) in [5, 5.41) is 11.0. The van der Waals surface area contributed by atoms with Crippen molar-refractivity contribution in [3.63, 3.8) is 0 Å². The second-order valence-electron chi connectivity index (χ2n) is 4.07. The second kappa shape index (κ2) is 5.33. The highest BCUT2D eigenvalue weighted by Gasteiger charge is 2.08. The minimum absolute atomic E-state index is 0.581. The lowest BCUT2D eigenvalue weighted by molar-refractivity contribution is 0.581. The zero-order valence-electron chi connectivity index (χ0n) is 10.2. The van der Waals surface area contributed by atoms with Gasteiger partial charge in [0.05, 0.1) is 24.2 Å². The van der Waals surface area contributed by atoms with Crippen LogP contribution >= 0.6 is 11.3 Å². The number of nitrogens with zero attached hydrogens (tertiary/aromatic N) is 4. The van der Waals surface area contributed by atoms with E-state index in [1.165, 1.54) is 0 Å². The van der Waals surface area contributed by atoms with E-state index >= 15 is 0 Å². The molecule has 0 spiro atoms. The highest BCUT2D eigenvalue weighted by molar-refractivity contribution is 7.13. The van der Waals surface area contributed by atoms with Crippen molar-refractivity contribution in [1.82, 2.24) is 20.0 Å².